The van der Waals surface area contributed by atoms with Crippen LogP contribution in [-0.2, 0) is 4.74 Å². The second-order valence-corrected chi connectivity index (χ2v) is 3.17. The molecule has 0 amide bonds. The molecule has 1 heterocycles. The minimum atomic E-state index is 0.516. The van der Waals surface area contributed by atoms with Gasteiger partial charge in [0.15, 0.2) is 0 Å². The number of hydrogen-bond donors (Lipinski definition) is 0. The molecular formula is C9H14O. The van der Waals surface area contributed by atoms with E-state index in [0.717, 1.165) is 13.0 Å². The zero-order valence-corrected chi connectivity index (χ0v) is 6.31. The molecule has 0 aromatic heterocycles. The normalized spacial score (nSPS) is 32.8. The Morgan fingerprint density at radius 3 is 3.30 bits per heavy atom. The zero-order chi connectivity index (χ0) is 6.81. The molecule has 0 bridgehead atoms. The SMILES string of the molecule is C1=C2CCCCC2OCC1. The van der Waals surface area contributed by atoms with Crippen LogP contribution in [0, 0.1) is 0 Å². The molecule has 2 aliphatic rings. The van der Waals surface area contributed by atoms with E-state index >= 15 is 0 Å². The lowest BCUT2D eigenvalue weighted by molar-refractivity contribution is 0.0533. The van der Waals surface area contributed by atoms with E-state index in [-0.39, 0.29) is 0 Å². The van der Waals surface area contributed by atoms with Crippen LogP contribution < -0.4 is 0 Å². The molecule has 1 fully saturated rings. The minimum Gasteiger partial charge on any atom is -0.374 e. The Morgan fingerprint density at radius 2 is 2.40 bits per heavy atom. The van der Waals surface area contributed by atoms with Gasteiger partial charge >= 0.3 is 0 Å². The number of fused-ring (bicyclic) bond motifs is 1. The lowest BCUT2D eigenvalue weighted by Gasteiger charge is -2.28. The van der Waals surface area contributed by atoms with Crippen LogP contribution in [0.1, 0.15) is 32.1 Å². The summed E-state index contributed by atoms with van der Waals surface area (Å²) in [6, 6.07) is 0. The quantitative estimate of drug-likeness (QED) is 0.466. The van der Waals surface area contributed by atoms with E-state index in [4.69, 9.17) is 4.74 Å². The van der Waals surface area contributed by atoms with Gasteiger partial charge in [-0.2, -0.15) is 0 Å². The molecule has 56 valence electrons. The van der Waals surface area contributed by atoms with Gasteiger partial charge < -0.3 is 4.74 Å². The summed E-state index contributed by atoms with van der Waals surface area (Å²) < 4.78 is 5.61. The van der Waals surface area contributed by atoms with Crippen LogP contribution in [0.3, 0.4) is 0 Å². The lowest BCUT2D eigenvalue weighted by Crippen LogP contribution is -2.23. The Morgan fingerprint density at radius 1 is 1.40 bits per heavy atom. The van der Waals surface area contributed by atoms with Gasteiger partial charge in [0.25, 0.3) is 0 Å². The van der Waals surface area contributed by atoms with Crippen molar-refractivity contribution in [2.75, 3.05) is 6.61 Å². The van der Waals surface area contributed by atoms with Gasteiger partial charge in [-0.05, 0) is 31.3 Å². The van der Waals surface area contributed by atoms with E-state index in [1.807, 2.05) is 0 Å². The number of rotatable bonds is 0. The van der Waals surface area contributed by atoms with Gasteiger partial charge in [0.2, 0.25) is 0 Å². The molecule has 1 atom stereocenters. The topological polar surface area (TPSA) is 9.23 Å². The first kappa shape index (κ1) is 6.41. The van der Waals surface area contributed by atoms with Crippen LogP contribution in [0.25, 0.3) is 0 Å². The predicted octanol–water partition coefficient (Wildman–Crippen LogP) is 2.28. The van der Waals surface area contributed by atoms with Gasteiger partial charge in [0, 0.05) is 0 Å². The summed E-state index contributed by atoms with van der Waals surface area (Å²) in [6.07, 6.45) is 9.35. The minimum absolute atomic E-state index is 0.516. The molecule has 1 nitrogen and oxygen atoms in total. The summed E-state index contributed by atoms with van der Waals surface area (Å²) in [5.41, 5.74) is 1.58. The highest BCUT2D eigenvalue weighted by atomic mass is 16.5. The summed E-state index contributed by atoms with van der Waals surface area (Å²) in [6.45, 7) is 0.953. The Kier molecular flexibility index (Phi) is 1.76. The molecule has 1 aliphatic heterocycles. The van der Waals surface area contributed by atoms with Gasteiger partial charge in [0.05, 0.1) is 12.7 Å². The average Bonchev–Trinajstić information content (AvgIpc) is 2.05. The molecule has 10 heavy (non-hydrogen) atoms. The molecule has 2 rings (SSSR count). The van der Waals surface area contributed by atoms with Crippen LogP contribution in [0.15, 0.2) is 11.6 Å². The van der Waals surface area contributed by atoms with Gasteiger partial charge in [0.1, 0.15) is 0 Å². The monoisotopic (exact) mass is 138 g/mol. The Balaban J connectivity index is 2.08. The van der Waals surface area contributed by atoms with Crippen molar-refractivity contribution in [2.24, 2.45) is 0 Å². The molecule has 1 heteroatoms. The summed E-state index contributed by atoms with van der Waals surface area (Å²) in [5.74, 6) is 0. The largest absolute Gasteiger partial charge is 0.374 e. The summed E-state index contributed by atoms with van der Waals surface area (Å²) >= 11 is 0. The van der Waals surface area contributed by atoms with Crippen LogP contribution >= 0.6 is 0 Å². The number of hydrogen-bond acceptors (Lipinski definition) is 1. The first-order valence-electron chi connectivity index (χ1n) is 4.27. The van der Waals surface area contributed by atoms with Crippen molar-refractivity contribution in [3.05, 3.63) is 11.6 Å². The maximum Gasteiger partial charge on any atom is 0.0785 e. The highest BCUT2D eigenvalue weighted by Crippen LogP contribution is 2.28. The highest BCUT2D eigenvalue weighted by Gasteiger charge is 2.20. The maximum atomic E-state index is 5.61. The fourth-order valence-electron chi connectivity index (χ4n) is 1.88. The Labute approximate surface area is 62.1 Å². The summed E-state index contributed by atoms with van der Waals surface area (Å²) in [5, 5.41) is 0. The smallest absolute Gasteiger partial charge is 0.0785 e. The fraction of sp³-hybridized carbons (Fsp3) is 0.778. The first-order valence-corrected chi connectivity index (χ1v) is 4.27. The fourth-order valence-corrected chi connectivity index (χ4v) is 1.88. The molecule has 1 aliphatic carbocycles. The van der Waals surface area contributed by atoms with E-state index in [2.05, 4.69) is 6.08 Å². The average molecular weight is 138 g/mol. The second kappa shape index (κ2) is 2.75. The standard InChI is InChI=1S/C9H14O/c1-2-6-9-8(4-1)5-3-7-10-9/h5,9H,1-4,6-7H2. The molecule has 0 aromatic rings. The molecule has 1 saturated carbocycles. The van der Waals surface area contributed by atoms with E-state index in [0.29, 0.717) is 6.10 Å². The van der Waals surface area contributed by atoms with Crippen molar-refractivity contribution in [1.82, 2.24) is 0 Å². The molecular weight excluding hydrogens is 124 g/mol. The van der Waals surface area contributed by atoms with Crippen LogP contribution in [0.4, 0.5) is 0 Å². The van der Waals surface area contributed by atoms with Crippen LogP contribution in [0.5, 0.6) is 0 Å². The van der Waals surface area contributed by atoms with Crippen molar-refractivity contribution in [3.8, 4) is 0 Å². The lowest BCUT2D eigenvalue weighted by atomic mass is 9.90. The second-order valence-electron chi connectivity index (χ2n) is 3.17. The predicted molar refractivity (Wildman–Crippen MR) is 40.9 cm³/mol. The van der Waals surface area contributed by atoms with Crippen molar-refractivity contribution < 1.29 is 4.74 Å². The van der Waals surface area contributed by atoms with E-state index < -0.39 is 0 Å². The summed E-state index contributed by atoms with van der Waals surface area (Å²) in [4.78, 5) is 0. The van der Waals surface area contributed by atoms with E-state index in [1.165, 1.54) is 25.7 Å². The van der Waals surface area contributed by atoms with Crippen LogP contribution in [0.2, 0.25) is 0 Å². The molecule has 0 radical (unpaired) electrons. The van der Waals surface area contributed by atoms with E-state index in [9.17, 15) is 0 Å². The molecule has 0 spiro atoms. The van der Waals surface area contributed by atoms with Gasteiger partial charge in [-0.3, -0.25) is 0 Å². The Bertz CT molecular complexity index is 149. The Hall–Kier alpha value is -0.300. The third-order valence-electron chi connectivity index (χ3n) is 2.44. The zero-order valence-electron chi connectivity index (χ0n) is 6.31. The molecule has 0 N–H and O–H groups in total. The van der Waals surface area contributed by atoms with Crippen molar-refractivity contribution in [1.29, 1.82) is 0 Å². The van der Waals surface area contributed by atoms with Crippen molar-refractivity contribution >= 4 is 0 Å². The third-order valence-corrected chi connectivity index (χ3v) is 2.44. The number of ether oxygens (including phenoxy) is 1. The highest BCUT2D eigenvalue weighted by molar-refractivity contribution is 5.12. The van der Waals surface area contributed by atoms with Gasteiger partial charge in [-0.15, -0.1) is 0 Å². The molecule has 0 saturated heterocycles. The van der Waals surface area contributed by atoms with Crippen molar-refractivity contribution in [2.45, 2.75) is 38.2 Å². The third kappa shape index (κ3) is 1.10. The maximum absolute atomic E-state index is 5.61. The van der Waals surface area contributed by atoms with Crippen molar-refractivity contribution in [3.63, 3.8) is 0 Å². The molecule has 0 aromatic carbocycles. The van der Waals surface area contributed by atoms with Gasteiger partial charge in [-0.25, -0.2) is 0 Å². The molecule has 1 unspecified atom stereocenters. The summed E-state index contributed by atoms with van der Waals surface area (Å²) in [7, 11) is 0. The van der Waals surface area contributed by atoms with E-state index in [1.54, 1.807) is 5.57 Å². The first-order chi connectivity index (χ1) is 4.97. The van der Waals surface area contributed by atoms with Gasteiger partial charge in [-0.1, -0.05) is 12.5 Å². The van der Waals surface area contributed by atoms with Crippen LogP contribution in [-0.4, -0.2) is 12.7 Å².